The fourth-order valence-corrected chi connectivity index (χ4v) is 2.73. The molecule has 2 unspecified atom stereocenters. The van der Waals surface area contributed by atoms with Crippen LogP contribution in [-0.2, 0) is 11.3 Å². The van der Waals surface area contributed by atoms with Gasteiger partial charge in [-0.3, -0.25) is 4.79 Å². The van der Waals surface area contributed by atoms with Crippen molar-refractivity contribution >= 4 is 12.0 Å². The van der Waals surface area contributed by atoms with E-state index < -0.39 is 11.9 Å². The third-order valence-corrected chi connectivity index (χ3v) is 4.09. The number of piperidine rings is 1. The minimum atomic E-state index is -0.818. The third kappa shape index (κ3) is 4.22. The van der Waals surface area contributed by atoms with Gasteiger partial charge in [0.25, 0.3) is 0 Å². The molecule has 2 amide bonds. The van der Waals surface area contributed by atoms with Crippen molar-refractivity contribution in [3.63, 3.8) is 0 Å². The number of imidazole rings is 1. The van der Waals surface area contributed by atoms with Crippen LogP contribution in [0.25, 0.3) is 0 Å². The number of rotatable bonds is 5. The Hall–Kier alpha value is -2.05. The number of aryl methyl sites for hydroxylation is 1. The maximum Gasteiger partial charge on any atom is 0.317 e. The summed E-state index contributed by atoms with van der Waals surface area (Å²) < 4.78 is 2.05. The van der Waals surface area contributed by atoms with Crippen molar-refractivity contribution in [2.24, 2.45) is 11.8 Å². The molecule has 7 heteroatoms. The molecule has 1 saturated heterocycles. The molecule has 1 aromatic heterocycles. The van der Waals surface area contributed by atoms with Gasteiger partial charge in [0.15, 0.2) is 0 Å². The molecular weight excluding hydrogens is 284 g/mol. The van der Waals surface area contributed by atoms with Crippen molar-refractivity contribution in [2.75, 3.05) is 19.6 Å². The molecule has 22 heavy (non-hydrogen) atoms. The summed E-state index contributed by atoms with van der Waals surface area (Å²) in [6.45, 7) is 6.30. The zero-order valence-corrected chi connectivity index (χ0v) is 13.2. The lowest BCUT2D eigenvalue weighted by Gasteiger charge is -2.31. The normalized spacial score (nSPS) is 19.7. The molecule has 1 aromatic rings. The van der Waals surface area contributed by atoms with E-state index in [0.29, 0.717) is 26.1 Å². The highest BCUT2D eigenvalue weighted by Crippen LogP contribution is 2.16. The van der Waals surface area contributed by atoms with Crippen molar-refractivity contribution in [3.05, 3.63) is 18.2 Å². The molecule has 0 bridgehead atoms. The Labute approximate surface area is 130 Å². The third-order valence-electron chi connectivity index (χ3n) is 4.09. The van der Waals surface area contributed by atoms with Crippen molar-refractivity contribution < 1.29 is 14.7 Å². The maximum atomic E-state index is 12.1. The summed E-state index contributed by atoms with van der Waals surface area (Å²) in [4.78, 5) is 29.0. The van der Waals surface area contributed by atoms with Crippen molar-refractivity contribution in [1.29, 1.82) is 0 Å². The Bertz CT molecular complexity index is 529. The van der Waals surface area contributed by atoms with Gasteiger partial charge in [-0.2, -0.15) is 0 Å². The fraction of sp³-hybridized carbons (Fsp3) is 0.667. The van der Waals surface area contributed by atoms with E-state index in [-0.39, 0.29) is 11.9 Å². The number of urea groups is 1. The summed E-state index contributed by atoms with van der Waals surface area (Å²) >= 11 is 0. The standard InChI is InChI=1S/C15H24N4O3/c1-11(9-18-7-5-16-12(18)2)8-17-15(22)19-6-3-4-13(10-19)14(20)21/h5,7,11,13H,3-4,6,8-10H2,1-2H3,(H,17,22)(H,20,21). The molecule has 0 aromatic carbocycles. The first-order chi connectivity index (χ1) is 10.5. The summed E-state index contributed by atoms with van der Waals surface area (Å²) in [5.74, 6) is -0.0256. The SMILES string of the molecule is Cc1nccn1CC(C)CNC(=O)N1CCCC(C(=O)O)C1. The Balaban J connectivity index is 1.77. The highest BCUT2D eigenvalue weighted by Gasteiger charge is 2.28. The topological polar surface area (TPSA) is 87.5 Å². The van der Waals surface area contributed by atoms with Crippen LogP contribution in [0.4, 0.5) is 4.79 Å². The number of likely N-dealkylation sites (tertiary alicyclic amines) is 1. The second kappa shape index (κ2) is 7.29. The van der Waals surface area contributed by atoms with Gasteiger partial charge < -0.3 is 19.9 Å². The van der Waals surface area contributed by atoms with Crippen LogP contribution in [-0.4, -0.2) is 51.2 Å². The minimum absolute atomic E-state index is 0.167. The molecule has 2 rings (SSSR count). The van der Waals surface area contributed by atoms with E-state index in [9.17, 15) is 9.59 Å². The van der Waals surface area contributed by atoms with Crippen LogP contribution >= 0.6 is 0 Å². The smallest absolute Gasteiger partial charge is 0.317 e. The number of aromatic nitrogens is 2. The van der Waals surface area contributed by atoms with Gasteiger partial charge in [0.1, 0.15) is 5.82 Å². The van der Waals surface area contributed by atoms with Crippen molar-refractivity contribution in [2.45, 2.75) is 33.2 Å². The van der Waals surface area contributed by atoms with Crippen molar-refractivity contribution in [1.82, 2.24) is 19.8 Å². The van der Waals surface area contributed by atoms with Crippen LogP contribution < -0.4 is 5.32 Å². The van der Waals surface area contributed by atoms with Gasteiger partial charge in [0.05, 0.1) is 5.92 Å². The second-order valence-electron chi connectivity index (χ2n) is 6.04. The minimum Gasteiger partial charge on any atom is -0.481 e. The van der Waals surface area contributed by atoms with Gasteiger partial charge in [-0.25, -0.2) is 9.78 Å². The number of hydrogen-bond acceptors (Lipinski definition) is 3. The molecule has 0 spiro atoms. The van der Waals surface area contributed by atoms with E-state index in [0.717, 1.165) is 18.8 Å². The lowest BCUT2D eigenvalue weighted by Crippen LogP contribution is -2.48. The number of nitrogens with one attached hydrogen (secondary N) is 1. The number of carboxylic acids is 1. The first-order valence-electron chi connectivity index (χ1n) is 7.70. The molecule has 2 N–H and O–H groups in total. The summed E-state index contributed by atoms with van der Waals surface area (Å²) in [6, 6.07) is -0.167. The summed E-state index contributed by atoms with van der Waals surface area (Å²) in [5, 5.41) is 12.0. The highest BCUT2D eigenvalue weighted by molar-refractivity contribution is 5.76. The van der Waals surface area contributed by atoms with Gasteiger partial charge >= 0.3 is 12.0 Å². The van der Waals surface area contributed by atoms with Crippen LogP contribution in [0, 0.1) is 18.8 Å². The Morgan fingerprint density at radius 2 is 2.32 bits per heavy atom. The number of hydrogen-bond donors (Lipinski definition) is 2. The average molecular weight is 308 g/mol. The van der Waals surface area contributed by atoms with E-state index >= 15 is 0 Å². The molecule has 1 fully saturated rings. The maximum absolute atomic E-state index is 12.1. The van der Waals surface area contributed by atoms with E-state index in [2.05, 4.69) is 21.8 Å². The molecule has 0 radical (unpaired) electrons. The molecular formula is C15H24N4O3. The molecule has 0 saturated carbocycles. The number of amides is 2. The van der Waals surface area contributed by atoms with Crippen LogP contribution in [0.15, 0.2) is 12.4 Å². The van der Waals surface area contributed by atoms with Crippen LogP contribution in [0.2, 0.25) is 0 Å². The lowest BCUT2D eigenvalue weighted by atomic mass is 9.99. The van der Waals surface area contributed by atoms with Gasteiger partial charge in [0, 0.05) is 38.6 Å². The fourth-order valence-electron chi connectivity index (χ4n) is 2.73. The number of nitrogens with zero attached hydrogens (tertiary/aromatic N) is 3. The Kier molecular flexibility index (Phi) is 5.41. The number of carboxylic acid groups (broad SMARTS) is 1. The van der Waals surface area contributed by atoms with Crippen LogP contribution in [0.5, 0.6) is 0 Å². The van der Waals surface area contributed by atoms with E-state index in [1.54, 1.807) is 11.1 Å². The first-order valence-corrected chi connectivity index (χ1v) is 7.70. The van der Waals surface area contributed by atoms with Gasteiger partial charge in [-0.05, 0) is 25.7 Å². The molecule has 2 atom stereocenters. The summed E-state index contributed by atoms with van der Waals surface area (Å²) in [7, 11) is 0. The zero-order chi connectivity index (χ0) is 16.1. The molecule has 0 aliphatic carbocycles. The molecule has 1 aliphatic rings. The highest BCUT2D eigenvalue weighted by atomic mass is 16.4. The molecule has 7 nitrogen and oxygen atoms in total. The number of carbonyl (C=O) groups is 2. The van der Waals surface area contributed by atoms with E-state index in [4.69, 9.17) is 5.11 Å². The Morgan fingerprint density at radius 3 is 2.95 bits per heavy atom. The van der Waals surface area contributed by atoms with Gasteiger partial charge in [-0.1, -0.05) is 6.92 Å². The molecule has 1 aliphatic heterocycles. The monoisotopic (exact) mass is 308 g/mol. The quantitative estimate of drug-likeness (QED) is 0.859. The van der Waals surface area contributed by atoms with E-state index in [1.807, 2.05) is 13.1 Å². The Morgan fingerprint density at radius 1 is 1.55 bits per heavy atom. The predicted octanol–water partition coefficient (Wildman–Crippen LogP) is 1.33. The second-order valence-corrected chi connectivity index (χ2v) is 6.04. The molecule has 2 heterocycles. The van der Waals surface area contributed by atoms with Gasteiger partial charge in [0.2, 0.25) is 0 Å². The first kappa shape index (κ1) is 16.3. The van der Waals surface area contributed by atoms with Crippen molar-refractivity contribution in [3.8, 4) is 0 Å². The van der Waals surface area contributed by atoms with E-state index in [1.165, 1.54) is 0 Å². The van der Waals surface area contributed by atoms with Gasteiger partial charge in [-0.15, -0.1) is 0 Å². The number of carbonyl (C=O) groups excluding carboxylic acids is 1. The van der Waals surface area contributed by atoms with Crippen LogP contribution in [0.1, 0.15) is 25.6 Å². The molecule has 122 valence electrons. The lowest BCUT2D eigenvalue weighted by molar-refractivity contribution is -0.143. The summed E-state index contributed by atoms with van der Waals surface area (Å²) in [5.41, 5.74) is 0. The predicted molar refractivity (Wildman–Crippen MR) is 81.5 cm³/mol. The number of aliphatic carboxylic acids is 1. The zero-order valence-electron chi connectivity index (χ0n) is 13.2. The average Bonchev–Trinajstić information content (AvgIpc) is 2.90. The summed E-state index contributed by atoms with van der Waals surface area (Å²) in [6.07, 6.45) is 5.08. The van der Waals surface area contributed by atoms with Crippen LogP contribution in [0.3, 0.4) is 0 Å². The largest absolute Gasteiger partial charge is 0.481 e.